The van der Waals surface area contributed by atoms with Gasteiger partial charge in [0, 0.05) is 25.7 Å². The molecule has 31 heavy (non-hydrogen) atoms. The highest BCUT2D eigenvalue weighted by Gasteiger charge is 2.42. The molecule has 8 heteroatoms. The van der Waals surface area contributed by atoms with Crippen LogP contribution in [-0.2, 0) is 17.5 Å². The Morgan fingerprint density at radius 1 is 1.06 bits per heavy atom. The van der Waals surface area contributed by atoms with E-state index in [1.165, 1.54) is 6.07 Å². The molecular weight excluding hydrogens is 407 g/mol. The van der Waals surface area contributed by atoms with E-state index >= 15 is 0 Å². The molecule has 2 amide bonds. The molecule has 2 aliphatic rings. The third-order valence-corrected chi connectivity index (χ3v) is 6.12. The zero-order valence-corrected chi connectivity index (χ0v) is 17.0. The number of rotatable bonds is 3. The van der Waals surface area contributed by atoms with Gasteiger partial charge in [0.1, 0.15) is 5.69 Å². The van der Waals surface area contributed by atoms with Gasteiger partial charge in [-0.2, -0.15) is 13.2 Å². The van der Waals surface area contributed by atoms with Crippen LogP contribution in [0, 0.1) is 0 Å². The van der Waals surface area contributed by atoms with E-state index in [2.05, 4.69) is 4.98 Å². The first-order chi connectivity index (χ1) is 14.8. The second-order valence-electron chi connectivity index (χ2n) is 8.10. The minimum Gasteiger partial charge on any atom is -0.333 e. The molecule has 0 unspecified atom stereocenters. The maximum absolute atomic E-state index is 13.1. The van der Waals surface area contributed by atoms with Gasteiger partial charge in [-0.1, -0.05) is 24.6 Å². The summed E-state index contributed by atoms with van der Waals surface area (Å²) in [5.74, 6) is -0.237. The van der Waals surface area contributed by atoms with Gasteiger partial charge in [0.15, 0.2) is 0 Å². The molecule has 0 radical (unpaired) electrons. The molecule has 0 bridgehead atoms. The molecular formula is C23H24F3N3O2. The predicted molar refractivity (Wildman–Crippen MR) is 108 cm³/mol. The Hall–Kier alpha value is -2.90. The van der Waals surface area contributed by atoms with Crippen molar-refractivity contribution in [3.63, 3.8) is 0 Å². The highest BCUT2D eigenvalue weighted by atomic mass is 19.4. The molecule has 2 aliphatic heterocycles. The van der Waals surface area contributed by atoms with Crippen LogP contribution in [0.5, 0.6) is 0 Å². The lowest BCUT2D eigenvalue weighted by molar-refractivity contribution is -0.137. The van der Waals surface area contributed by atoms with Gasteiger partial charge in [0.05, 0.1) is 17.6 Å². The number of likely N-dealkylation sites (tertiary alicyclic amines) is 2. The molecule has 2 fully saturated rings. The molecule has 0 aliphatic carbocycles. The van der Waals surface area contributed by atoms with Crippen LogP contribution in [0.15, 0.2) is 48.7 Å². The summed E-state index contributed by atoms with van der Waals surface area (Å²) >= 11 is 0. The number of nitrogens with zero attached hydrogens (tertiary/aromatic N) is 3. The van der Waals surface area contributed by atoms with E-state index in [1.807, 2.05) is 0 Å². The lowest BCUT2D eigenvalue weighted by Gasteiger charge is -2.37. The minimum atomic E-state index is -4.43. The van der Waals surface area contributed by atoms with E-state index in [4.69, 9.17) is 0 Å². The number of benzene rings is 1. The summed E-state index contributed by atoms with van der Waals surface area (Å²) in [4.78, 5) is 33.6. The monoisotopic (exact) mass is 431 g/mol. The number of hydrogen-bond acceptors (Lipinski definition) is 3. The summed E-state index contributed by atoms with van der Waals surface area (Å²) in [6, 6.07) is 9.92. The van der Waals surface area contributed by atoms with Gasteiger partial charge in [-0.3, -0.25) is 14.6 Å². The molecule has 0 spiro atoms. The number of carbonyl (C=O) groups excluding carboxylic acids is 2. The van der Waals surface area contributed by atoms with Crippen LogP contribution in [0.4, 0.5) is 13.2 Å². The Morgan fingerprint density at radius 3 is 2.65 bits per heavy atom. The SMILES string of the molecule is O=C(c1ccccn1)N1CC[C@H]2[C@H]1CCCCC(=O)N2Cc1cccc(C(F)(F)F)c1. The zero-order valence-electron chi connectivity index (χ0n) is 17.0. The van der Waals surface area contributed by atoms with Crippen molar-refractivity contribution in [2.45, 2.75) is 56.9 Å². The summed E-state index contributed by atoms with van der Waals surface area (Å²) in [6.07, 6.45) is 0.406. The van der Waals surface area contributed by atoms with E-state index in [-0.39, 0.29) is 30.4 Å². The molecule has 3 heterocycles. The van der Waals surface area contributed by atoms with Crippen molar-refractivity contribution in [2.75, 3.05) is 6.54 Å². The average Bonchev–Trinajstić information content (AvgIpc) is 3.16. The summed E-state index contributed by atoms with van der Waals surface area (Å²) < 4.78 is 39.4. The number of alkyl halides is 3. The maximum atomic E-state index is 13.1. The van der Waals surface area contributed by atoms with E-state index in [0.717, 1.165) is 25.0 Å². The van der Waals surface area contributed by atoms with Crippen LogP contribution in [0.3, 0.4) is 0 Å². The van der Waals surface area contributed by atoms with Crippen molar-refractivity contribution in [3.8, 4) is 0 Å². The second-order valence-corrected chi connectivity index (χ2v) is 8.10. The number of halogens is 3. The predicted octanol–water partition coefficient (Wildman–Crippen LogP) is 4.29. The Kier molecular flexibility index (Phi) is 5.98. The van der Waals surface area contributed by atoms with E-state index in [9.17, 15) is 22.8 Å². The van der Waals surface area contributed by atoms with Crippen molar-refractivity contribution in [3.05, 3.63) is 65.5 Å². The fourth-order valence-corrected chi connectivity index (χ4v) is 4.64. The summed E-state index contributed by atoms with van der Waals surface area (Å²) in [6.45, 7) is 0.604. The number of amides is 2. The topological polar surface area (TPSA) is 53.5 Å². The van der Waals surface area contributed by atoms with Crippen LogP contribution in [0.1, 0.15) is 53.7 Å². The second kappa shape index (κ2) is 8.69. The van der Waals surface area contributed by atoms with E-state index in [0.29, 0.717) is 37.1 Å². The molecule has 0 N–H and O–H groups in total. The van der Waals surface area contributed by atoms with Crippen molar-refractivity contribution in [1.82, 2.24) is 14.8 Å². The Bertz CT molecular complexity index is 949. The van der Waals surface area contributed by atoms with Crippen LogP contribution in [-0.4, -0.2) is 45.2 Å². The number of hydrogen-bond donors (Lipinski definition) is 0. The molecule has 2 aromatic rings. The first-order valence-electron chi connectivity index (χ1n) is 10.5. The molecule has 1 aromatic heterocycles. The van der Waals surface area contributed by atoms with Gasteiger partial charge in [0.25, 0.3) is 5.91 Å². The summed E-state index contributed by atoms with van der Waals surface area (Å²) in [5.41, 5.74) is 0.0809. The van der Waals surface area contributed by atoms with Gasteiger partial charge in [0.2, 0.25) is 5.91 Å². The zero-order chi connectivity index (χ0) is 22.0. The third-order valence-electron chi connectivity index (χ3n) is 6.12. The molecule has 2 saturated heterocycles. The maximum Gasteiger partial charge on any atom is 0.416 e. The van der Waals surface area contributed by atoms with E-state index in [1.54, 1.807) is 40.3 Å². The Morgan fingerprint density at radius 2 is 1.90 bits per heavy atom. The first kappa shape index (κ1) is 21.3. The fraction of sp³-hybridized carbons (Fsp3) is 0.435. The van der Waals surface area contributed by atoms with Crippen LogP contribution in [0.25, 0.3) is 0 Å². The number of pyridine rings is 1. The molecule has 164 valence electrons. The fourth-order valence-electron chi connectivity index (χ4n) is 4.64. The molecule has 0 saturated carbocycles. The van der Waals surface area contributed by atoms with Crippen LogP contribution in [0.2, 0.25) is 0 Å². The van der Waals surface area contributed by atoms with Crippen molar-refractivity contribution >= 4 is 11.8 Å². The number of carbonyl (C=O) groups is 2. The van der Waals surface area contributed by atoms with Gasteiger partial charge in [-0.15, -0.1) is 0 Å². The normalized spacial score (nSPS) is 22.1. The average molecular weight is 431 g/mol. The standard InChI is InChI=1S/C23H24F3N3O2/c24-23(25,26)17-7-5-6-16(14-17)15-29-20-11-13-28(19(20)9-1-2-10-21(29)30)22(31)18-8-3-4-12-27-18/h3-8,12,14,19-20H,1-2,9-11,13,15H2/t19-,20+/m1/s1. The largest absolute Gasteiger partial charge is 0.416 e. The molecule has 5 nitrogen and oxygen atoms in total. The Labute approximate surface area is 178 Å². The molecule has 1 aromatic carbocycles. The van der Waals surface area contributed by atoms with Crippen LogP contribution >= 0.6 is 0 Å². The van der Waals surface area contributed by atoms with Gasteiger partial charge in [-0.05, 0) is 49.1 Å². The van der Waals surface area contributed by atoms with Gasteiger partial charge < -0.3 is 9.80 Å². The summed E-state index contributed by atoms with van der Waals surface area (Å²) in [7, 11) is 0. The minimum absolute atomic E-state index is 0.0701. The number of fused-ring (bicyclic) bond motifs is 1. The number of aromatic nitrogens is 1. The molecule has 4 rings (SSSR count). The molecule has 2 atom stereocenters. The lowest BCUT2D eigenvalue weighted by Crippen LogP contribution is -2.49. The van der Waals surface area contributed by atoms with E-state index < -0.39 is 11.7 Å². The lowest BCUT2D eigenvalue weighted by atomic mass is 9.96. The van der Waals surface area contributed by atoms with Gasteiger partial charge in [-0.25, -0.2) is 0 Å². The highest BCUT2D eigenvalue weighted by molar-refractivity contribution is 5.92. The third kappa shape index (κ3) is 4.57. The Balaban J connectivity index is 1.59. The summed E-state index contributed by atoms with van der Waals surface area (Å²) in [5, 5.41) is 0. The van der Waals surface area contributed by atoms with Crippen molar-refractivity contribution in [2.24, 2.45) is 0 Å². The first-order valence-corrected chi connectivity index (χ1v) is 10.5. The van der Waals surface area contributed by atoms with Crippen LogP contribution < -0.4 is 0 Å². The van der Waals surface area contributed by atoms with Crippen molar-refractivity contribution in [1.29, 1.82) is 0 Å². The van der Waals surface area contributed by atoms with Gasteiger partial charge >= 0.3 is 6.18 Å². The quantitative estimate of drug-likeness (QED) is 0.729. The smallest absolute Gasteiger partial charge is 0.333 e. The van der Waals surface area contributed by atoms with Crippen molar-refractivity contribution < 1.29 is 22.8 Å². The highest BCUT2D eigenvalue weighted by Crippen LogP contribution is 2.33.